The van der Waals surface area contributed by atoms with Gasteiger partial charge in [-0.15, -0.1) is 0 Å². The quantitative estimate of drug-likeness (QED) is 0.470. The molecule has 0 bridgehead atoms. The molecule has 0 atom stereocenters. The van der Waals surface area contributed by atoms with Crippen molar-refractivity contribution in [3.63, 3.8) is 0 Å². The standard InChI is InChI=1S/C6H4F3.Na/c7-6(8,9)5-3-1-2-4-5;/h1,3H,2H2;. The van der Waals surface area contributed by atoms with E-state index in [1.54, 1.807) is 6.08 Å². The molecule has 0 N–H and O–H groups in total. The zero-order valence-electron chi connectivity index (χ0n) is 5.50. The molecule has 1 rings (SSSR count). The van der Waals surface area contributed by atoms with E-state index in [0.29, 0.717) is 37.2 Å². The molecule has 0 saturated heterocycles. The van der Waals surface area contributed by atoms with Crippen LogP contribution in [-0.2, 0) is 0 Å². The SMILES string of the molecule is FC(F)(F)C1=[C]([Na])CC=C1. The van der Waals surface area contributed by atoms with Crippen LogP contribution < -0.4 is 0 Å². The Morgan fingerprint density at radius 1 is 1.40 bits per heavy atom. The molecule has 0 aromatic rings. The molecule has 0 saturated carbocycles. The Balaban J connectivity index is 2.91. The van der Waals surface area contributed by atoms with Gasteiger partial charge in [0.25, 0.3) is 0 Å². The van der Waals surface area contributed by atoms with Gasteiger partial charge in [0, 0.05) is 0 Å². The summed E-state index contributed by atoms with van der Waals surface area (Å²) in [5, 5.41) is 0. The van der Waals surface area contributed by atoms with Gasteiger partial charge in [-0.25, -0.2) is 0 Å². The average molecular weight is 156 g/mol. The van der Waals surface area contributed by atoms with Gasteiger partial charge in [0.15, 0.2) is 0 Å². The van der Waals surface area contributed by atoms with Crippen LogP contribution >= 0.6 is 0 Å². The zero-order valence-corrected chi connectivity index (χ0v) is 7.50. The molecular formula is C6H4F3Na. The predicted molar refractivity (Wildman–Crippen MR) is 32.6 cm³/mol. The first-order chi connectivity index (χ1) is 4.52. The van der Waals surface area contributed by atoms with Gasteiger partial charge in [-0.1, -0.05) is 0 Å². The summed E-state index contributed by atoms with van der Waals surface area (Å²) in [5.41, 5.74) is -0.417. The molecule has 1 aliphatic carbocycles. The molecule has 1 aliphatic rings. The maximum atomic E-state index is 11.9. The topological polar surface area (TPSA) is 0 Å². The van der Waals surface area contributed by atoms with Crippen LogP contribution in [0.1, 0.15) is 6.42 Å². The van der Waals surface area contributed by atoms with Crippen molar-refractivity contribution in [2.75, 3.05) is 0 Å². The number of halogens is 3. The van der Waals surface area contributed by atoms with E-state index in [1.807, 2.05) is 0 Å². The van der Waals surface area contributed by atoms with Crippen molar-refractivity contribution in [3.8, 4) is 0 Å². The molecule has 0 nitrogen and oxygen atoms in total. The fourth-order valence-electron chi connectivity index (χ4n) is 0.942. The van der Waals surface area contributed by atoms with Crippen LogP contribution in [0.5, 0.6) is 0 Å². The van der Waals surface area contributed by atoms with Gasteiger partial charge in [-0.05, 0) is 0 Å². The summed E-state index contributed by atoms with van der Waals surface area (Å²) in [6.45, 7) is 0. The number of rotatable bonds is 0. The zero-order chi connectivity index (χ0) is 7.78. The van der Waals surface area contributed by atoms with Gasteiger partial charge in [0.05, 0.1) is 0 Å². The summed E-state index contributed by atoms with van der Waals surface area (Å²) < 4.78 is 36.3. The van der Waals surface area contributed by atoms with Gasteiger partial charge in [0.1, 0.15) is 0 Å². The molecule has 4 heteroatoms. The molecule has 0 aliphatic heterocycles. The van der Waals surface area contributed by atoms with E-state index < -0.39 is 11.7 Å². The van der Waals surface area contributed by atoms with Crippen molar-refractivity contribution in [1.29, 1.82) is 0 Å². The fourth-order valence-corrected chi connectivity index (χ4v) is 1.63. The summed E-state index contributed by atoms with van der Waals surface area (Å²) in [6.07, 6.45) is -0.890. The Morgan fingerprint density at radius 2 is 2.00 bits per heavy atom. The molecule has 0 unspecified atom stereocenters. The molecule has 0 aromatic carbocycles. The predicted octanol–water partition coefficient (Wildman–Crippen LogP) is 1.93. The summed E-state index contributed by atoms with van der Waals surface area (Å²) in [4.78, 5) is 0. The summed E-state index contributed by atoms with van der Waals surface area (Å²) in [7, 11) is 0. The van der Waals surface area contributed by atoms with Crippen LogP contribution in [0.25, 0.3) is 0 Å². The summed E-state index contributed by atoms with van der Waals surface area (Å²) >= 11 is 0.514. The molecule has 0 heterocycles. The van der Waals surface area contributed by atoms with E-state index in [4.69, 9.17) is 0 Å². The number of allylic oxidation sites excluding steroid dienone is 4. The van der Waals surface area contributed by atoms with Crippen molar-refractivity contribution in [2.45, 2.75) is 12.6 Å². The third kappa shape index (κ3) is 1.65. The maximum absolute atomic E-state index is 11.9. The van der Waals surface area contributed by atoms with Crippen molar-refractivity contribution in [3.05, 3.63) is 20.5 Å². The molecule has 10 heavy (non-hydrogen) atoms. The van der Waals surface area contributed by atoms with E-state index in [0.717, 1.165) is 0 Å². The second kappa shape index (κ2) is 2.72. The van der Waals surface area contributed by atoms with Gasteiger partial charge >= 0.3 is 74.2 Å². The number of alkyl halides is 3. The Kier molecular flexibility index (Phi) is 2.28. The third-order valence-electron chi connectivity index (χ3n) is 1.47. The minimum atomic E-state index is -4.12. The van der Waals surface area contributed by atoms with Crippen molar-refractivity contribution >= 4 is 27.9 Å². The normalized spacial score (nSPS) is 18.9. The Hall–Kier alpha value is 0.270. The van der Waals surface area contributed by atoms with Gasteiger partial charge in [-0.3, -0.25) is 0 Å². The van der Waals surface area contributed by atoms with E-state index in [-0.39, 0.29) is 0 Å². The van der Waals surface area contributed by atoms with E-state index in [2.05, 4.69) is 0 Å². The molecule has 50 valence electrons. The molecule has 0 amide bonds. The van der Waals surface area contributed by atoms with Crippen LogP contribution in [0, 0.1) is 0 Å². The average Bonchev–Trinajstić information content (AvgIpc) is 2.11. The fraction of sp³-hybridized carbons (Fsp3) is 0.333. The monoisotopic (exact) mass is 156 g/mol. The minimum absolute atomic E-state index is 0.417. The van der Waals surface area contributed by atoms with Crippen molar-refractivity contribution < 1.29 is 13.2 Å². The third-order valence-corrected chi connectivity index (χ3v) is 2.42. The van der Waals surface area contributed by atoms with Gasteiger partial charge in [0.2, 0.25) is 0 Å². The second-order valence-electron chi connectivity index (χ2n) is 2.30. The molecule has 0 radical (unpaired) electrons. The first-order valence-electron chi connectivity index (χ1n) is 2.95. The molecular weight excluding hydrogens is 152 g/mol. The van der Waals surface area contributed by atoms with E-state index in [9.17, 15) is 13.2 Å². The molecule has 0 aromatic heterocycles. The van der Waals surface area contributed by atoms with Crippen LogP contribution in [0.4, 0.5) is 13.2 Å². The van der Waals surface area contributed by atoms with Gasteiger partial charge in [-0.2, -0.15) is 0 Å². The molecule has 0 fully saturated rings. The Labute approximate surface area is 74.2 Å². The summed E-state index contributed by atoms with van der Waals surface area (Å²) in [5.74, 6) is 0. The number of hydrogen-bond donors (Lipinski definition) is 0. The van der Waals surface area contributed by atoms with E-state index >= 15 is 0 Å². The van der Waals surface area contributed by atoms with Crippen molar-refractivity contribution in [2.24, 2.45) is 0 Å². The second-order valence-corrected chi connectivity index (χ2v) is 3.51. The number of hydrogen-bond acceptors (Lipinski definition) is 0. The summed E-state index contributed by atoms with van der Waals surface area (Å²) in [6, 6.07) is 0. The first-order valence-corrected chi connectivity index (χ1v) is 3.95. The first kappa shape index (κ1) is 8.37. The Bertz CT molecular complexity index is 200. The van der Waals surface area contributed by atoms with Crippen LogP contribution in [0.15, 0.2) is 20.5 Å². The van der Waals surface area contributed by atoms with Crippen molar-refractivity contribution in [1.82, 2.24) is 0 Å². The van der Waals surface area contributed by atoms with Crippen LogP contribution in [0.3, 0.4) is 0 Å². The van der Waals surface area contributed by atoms with E-state index in [1.165, 1.54) is 6.08 Å². The van der Waals surface area contributed by atoms with Gasteiger partial charge < -0.3 is 0 Å². The van der Waals surface area contributed by atoms with Crippen LogP contribution in [-0.4, -0.2) is 34.1 Å². The molecule has 0 spiro atoms. The van der Waals surface area contributed by atoms with Crippen LogP contribution in [0.2, 0.25) is 0 Å². The Morgan fingerprint density at radius 3 is 2.20 bits per heavy atom.